The zero-order valence-corrected chi connectivity index (χ0v) is 13.6. The highest BCUT2D eigenvalue weighted by Crippen LogP contribution is 2.16. The molecule has 1 aromatic rings. The molecule has 0 aliphatic rings. The van der Waals surface area contributed by atoms with Crippen LogP contribution in [0.2, 0.25) is 5.02 Å². The van der Waals surface area contributed by atoms with Gasteiger partial charge < -0.3 is 10.2 Å². The first-order valence-electron chi connectivity index (χ1n) is 7.02. The Hall–Kier alpha value is -0.570. The van der Waals surface area contributed by atoms with Crippen LogP contribution >= 0.6 is 11.6 Å². The van der Waals surface area contributed by atoms with Gasteiger partial charge >= 0.3 is 0 Å². The Morgan fingerprint density at radius 1 is 1.26 bits per heavy atom. The summed E-state index contributed by atoms with van der Waals surface area (Å²) in [6, 6.07) is 6.86. The topological polar surface area (TPSA) is 15.3 Å². The van der Waals surface area contributed by atoms with Gasteiger partial charge in [0.05, 0.1) is 0 Å². The van der Waals surface area contributed by atoms with E-state index in [0.29, 0.717) is 6.04 Å². The first kappa shape index (κ1) is 16.5. The Balaban J connectivity index is 2.45. The van der Waals surface area contributed by atoms with Gasteiger partial charge in [0, 0.05) is 24.2 Å². The monoisotopic (exact) mass is 282 g/mol. The highest BCUT2D eigenvalue weighted by molar-refractivity contribution is 6.31. The second-order valence-corrected chi connectivity index (χ2v) is 6.37. The minimum atomic E-state index is 0.584. The molecular formula is C16H27ClN2. The lowest BCUT2D eigenvalue weighted by molar-refractivity contribution is 0.246. The molecule has 0 bridgehead atoms. The summed E-state index contributed by atoms with van der Waals surface area (Å²) in [5.74, 6) is 0.725. The zero-order valence-electron chi connectivity index (χ0n) is 12.8. The van der Waals surface area contributed by atoms with Crippen molar-refractivity contribution in [1.82, 2.24) is 10.2 Å². The maximum Gasteiger partial charge on any atom is 0.0438 e. The van der Waals surface area contributed by atoms with Crippen LogP contribution in [0.25, 0.3) is 0 Å². The molecule has 0 heterocycles. The van der Waals surface area contributed by atoms with E-state index in [1.165, 1.54) is 12.0 Å². The quantitative estimate of drug-likeness (QED) is 0.820. The van der Waals surface area contributed by atoms with Gasteiger partial charge in [0.1, 0.15) is 0 Å². The van der Waals surface area contributed by atoms with Crippen molar-refractivity contribution in [2.45, 2.75) is 39.8 Å². The summed E-state index contributed by atoms with van der Waals surface area (Å²) in [5.41, 5.74) is 2.38. The van der Waals surface area contributed by atoms with Crippen LogP contribution in [0.5, 0.6) is 0 Å². The van der Waals surface area contributed by atoms with Gasteiger partial charge in [-0.1, -0.05) is 37.6 Å². The fourth-order valence-corrected chi connectivity index (χ4v) is 2.35. The Bertz CT molecular complexity index is 388. The molecule has 1 aromatic carbocycles. The molecule has 1 unspecified atom stereocenters. The van der Waals surface area contributed by atoms with Crippen molar-refractivity contribution >= 4 is 11.6 Å². The summed E-state index contributed by atoms with van der Waals surface area (Å²) in [5, 5.41) is 4.39. The molecule has 0 saturated heterocycles. The number of halogens is 1. The number of nitrogens with zero attached hydrogens (tertiary/aromatic N) is 1. The van der Waals surface area contributed by atoms with Crippen LogP contribution in [-0.2, 0) is 6.54 Å². The Morgan fingerprint density at radius 3 is 2.47 bits per heavy atom. The molecule has 1 N–H and O–H groups in total. The van der Waals surface area contributed by atoms with E-state index in [1.807, 2.05) is 6.92 Å². The molecule has 2 nitrogen and oxygen atoms in total. The number of nitrogens with one attached hydrogen (secondary N) is 1. The smallest absolute Gasteiger partial charge is 0.0438 e. The van der Waals surface area contributed by atoms with Gasteiger partial charge in [-0.25, -0.2) is 0 Å². The fraction of sp³-hybridized carbons (Fsp3) is 0.625. The van der Waals surface area contributed by atoms with Crippen LogP contribution in [0, 0.1) is 12.8 Å². The van der Waals surface area contributed by atoms with Crippen molar-refractivity contribution in [3.8, 4) is 0 Å². The summed E-state index contributed by atoms with van der Waals surface area (Å²) in [6.45, 7) is 8.47. The SMILES string of the molecule is Cc1ccc(CNCC(CC(C)C)N(C)C)cc1Cl. The van der Waals surface area contributed by atoms with E-state index < -0.39 is 0 Å². The maximum absolute atomic E-state index is 6.14. The minimum absolute atomic E-state index is 0.584. The molecule has 108 valence electrons. The van der Waals surface area contributed by atoms with E-state index in [2.05, 4.69) is 56.4 Å². The van der Waals surface area contributed by atoms with Gasteiger partial charge in [-0.15, -0.1) is 0 Å². The highest BCUT2D eigenvalue weighted by Gasteiger charge is 2.12. The van der Waals surface area contributed by atoms with Gasteiger partial charge in [-0.05, 0) is 50.6 Å². The van der Waals surface area contributed by atoms with Crippen molar-refractivity contribution in [3.05, 3.63) is 34.3 Å². The number of aryl methyl sites for hydroxylation is 1. The molecule has 0 aromatic heterocycles. The summed E-state index contributed by atoms with van der Waals surface area (Å²) < 4.78 is 0. The van der Waals surface area contributed by atoms with E-state index >= 15 is 0 Å². The standard InChI is InChI=1S/C16H27ClN2/c1-12(2)8-15(19(4)5)11-18-10-14-7-6-13(3)16(17)9-14/h6-7,9,12,15,18H,8,10-11H2,1-5H3. The van der Waals surface area contributed by atoms with E-state index in [0.717, 1.165) is 29.6 Å². The number of hydrogen-bond donors (Lipinski definition) is 1. The van der Waals surface area contributed by atoms with Crippen LogP contribution in [-0.4, -0.2) is 31.6 Å². The number of rotatable bonds is 7. The number of hydrogen-bond acceptors (Lipinski definition) is 2. The van der Waals surface area contributed by atoms with Crippen molar-refractivity contribution < 1.29 is 0 Å². The van der Waals surface area contributed by atoms with Gasteiger partial charge in [0.25, 0.3) is 0 Å². The Morgan fingerprint density at radius 2 is 1.95 bits per heavy atom. The predicted molar refractivity (Wildman–Crippen MR) is 84.8 cm³/mol. The average Bonchev–Trinajstić information content (AvgIpc) is 2.31. The second-order valence-electron chi connectivity index (χ2n) is 5.96. The molecule has 3 heteroatoms. The lowest BCUT2D eigenvalue weighted by Crippen LogP contribution is -2.38. The van der Waals surface area contributed by atoms with Crippen LogP contribution in [0.1, 0.15) is 31.4 Å². The van der Waals surface area contributed by atoms with Gasteiger partial charge in [0.15, 0.2) is 0 Å². The van der Waals surface area contributed by atoms with Crippen molar-refractivity contribution in [2.24, 2.45) is 5.92 Å². The van der Waals surface area contributed by atoms with E-state index in [9.17, 15) is 0 Å². The number of likely N-dealkylation sites (N-methyl/N-ethyl adjacent to an activating group) is 1. The number of benzene rings is 1. The Kier molecular flexibility index (Phi) is 6.84. The third kappa shape index (κ3) is 5.94. The van der Waals surface area contributed by atoms with Crippen LogP contribution in [0.15, 0.2) is 18.2 Å². The third-order valence-electron chi connectivity index (χ3n) is 3.42. The van der Waals surface area contributed by atoms with E-state index in [1.54, 1.807) is 0 Å². The first-order chi connectivity index (χ1) is 8.90. The lowest BCUT2D eigenvalue weighted by Gasteiger charge is -2.26. The summed E-state index contributed by atoms with van der Waals surface area (Å²) in [7, 11) is 4.30. The normalized spacial score (nSPS) is 13.3. The van der Waals surface area contributed by atoms with Gasteiger partial charge in [0.2, 0.25) is 0 Å². The maximum atomic E-state index is 6.14. The molecule has 0 spiro atoms. The highest BCUT2D eigenvalue weighted by atomic mass is 35.5. The molecule has 0 aliphatic heterocycles. The Labute approximate surface area is 123 Å². The van der Waals surface area contributed by atoms with Gasteiger partial charge in [-0.3, -0.25) is 0 Å². The largest absolute Gasteiger partial charge is 0.311 e. The van der Waals surface area contributed by atoms with Crippen molar-refractivity contribution in [3.63, 3.8) is 0 Å². The summed E-state index contributed by atoms with van der Waals surface area (Å²) in [6.07, 6.45) is 1.22. The first-order valence-corrected chi connectivity index (χ1v) is 7.40. The minimum Gasteiger partial charge on any atom is -0.311 e. The van der Waals surface area contributed by atoms with E-state index in [4.69, 9.17) is 11.6 Å². The fourth-order valence-electron chi connectivity index (χ4n) is 2.15. The molecule has 1 rings (SSSR count). The molecule has 0 aliphatic carbocycles. The molecule has 0 radical (unpaired) electrons. The predicted octanol–water partition coefficient (Wildman–Crippen LogP) is 3.71. The zero-order chi connectivity index (χ0) is 14.4. The molecule has 0 amide bonds. The van der Waals surface area contributed by atoms with Crippen LogP contribution in [0.4, 0.5) is 0 Å². The summed E-state index contributed by atoms with van der Waals surface area (Å²) in [4.78, 5) is 2.30. The molecule has 1 atom stereocenters. The third-order valence-corrected chi connectivity index (χ3v) is 3.83. The molecule has 0 fully saturated rings. The molecule has 19 heavy (non-hydrogen) atoms. The van der Waals surface area contributed by atoms with E-state index in [-0.39, 0.29) is 0 Å². The van der Waals surface area contributed by atoms with Gasteiger partial charge in [-0.2, -0.15) is 0 Å². The van der Waals surface area contributed by atoms with Crippen molar-refractivity contribution in [2.75, 3.05) is 20.6 Å². The average molecular weight is 283 g/mol. The lowest BCUT2D eigenvalue weighted by atomic mass is 10.0. The second kappa shape index (κ2) is 7.88. The molecular weight excluding hydrogens is 256 g/mol. The summed E-state index contributed by atoms with van der Waals surface area (Å²) >= 11 is 6.14. The van der Waals surface area contributed by atoms with Crippen LogP contribution in [0.3, 0.4) is 0 Å². The van der Waals surface area contributed by atoms with Crippen molar-refractivity contribution in [1.29, 1.82) is 0 Å². The van der Waals surface area contributed by atoms with Crippen LogP contribution < -0.4 is 5.32 Å². The molecule has 0 saturated carbocycles.